The fourth-order valence-electron chi connectivity index (χ4n) is 0.975. The second-order valence-corrected chi connectivity index (χ2v) is 2.46. The lowest BCUT2D eigenvalue weighted by atomic mass is 10.3. The normalized spacial score (nSPS) is 10.1. The van der Waals surface area contributed by atoms with Crippen LogP contribution in [0.15, 0.2) is 17.1 Å². The van der Waals surface area contributed by atoms with Crippen LogP contribution in [0.4, 0.5) is 4.39 Å². The summed E-state index contributed by atoms with van der Waals surface area (Å²) in [6.07, 6.45) is 1.64. The molecule has 0 amide bonds. The topological polar surface area (TPSA) is 22.0 Å². The number of hydrogen-bond donors (Lipinski definition) is 0. The Bertz CT molecular complexity index is 316. The van der Waals surface area contributed by atoms with Crippen LogP contribution in [-0.2, 0) is 6.54 Å². The molecule has 0 aliphatic heterocycles. The zero-order valence-corrected chi connectivity index (χ0v) is 6.60. The van der Waals surface area contributed by atoms with Crippen molar-refractivity contribution in [2.45, 2.75) is 20.4 Å². The average Bonchev–Trinajstić information content (AvgIpc) is 1.96. The van der Waals surface area contributed by atoms with Crippen molar-refractivity contribution in [2.75, 3.05) is 0 Å². The highest BCUT2D eigenvalue weighted by atomic mass is 19.1. The van der Waals surface area contributed by atoms with E-state index in [0.29, 0.717) is 6.54 Å². The van der Waals surface area contributed by atoms with E-state index in [-0.39, 0.29) is 0 Å². The summed E-state index contributed by atoms with van der Waals surface area (Å²) in [5.74, 6) is -0.674. The summed E-state index contributed by atoms with van der Waals surface area (Å²) >= 11 is 0. The standard InChI is InChI=1S/C8H10FNO/c1-3-10-5-6(2)4-7(9)8(10)11/h4-5H,3H2,1-2H3. The van der Waals surface area contributed by atoms with Gasteiger partial charge in [-0.15, -0.1) is 0 Å². The molecule has 0 N–H and O–H groups in total. The van der Waals surface area contributed by atoms with Gasteiger partial charge in [0, 0.05) is 12.7 Å². The molecule has 1 aromatic heterocycles. The van der Waals surface area contributed by atoms with Gasteiger partial charge >= 0.3 is 0 Å². The second kappa shape index (κ2) is 2.86. The molecule has 1 heterocycles. The van der Waals surface area contributed by atoms with Crippen molar-refractivity contribution in [3.8, 4) is 0 Å². The molecule has 0 radical (unpaired) electrons. The van der Waals surface area contributed by atoms with Crippen molar-refractivity contribution in [3.05, 3.63) is 34.0 Å². The molecular weight excluding hydrogens is 145 g/mol. The smallest absolute Gasteiger partial charge is 0.286 e. The van der Waals surface area contributed by atoms with Crippen LogP contribution in [0.25, 0.3) is 0 Å². The van der Waals surface area contributed by atoms with E-state index < -0.39 is 11.4 Å². The summed E-state index contributed by atoms with van der Waals surface area (Å²) in [7, 11) is 0. The predicted octanol–water partition coefficient (Wildman–Crippen LogP) is 1.32. The minimum atomic E-state index is -0.674. The third-order valence-corrected chi connectivity index (χ3v) is 1.52. The van der Waals surface area contributed by atoms with Crippen LogP contribution in [0.2, 0.25) is 0 Å². The molecule has 0 saturated heterocycles. The molecule has 0 bridgehead atoms. The Balaban J connectivity index is 3.37. The lowest BCUT2D eigenvalue weighted by Gasteiger charge is -2.01. The van der Waals surface area contributed by atoms with E-state index in [1.807, 2.05) is 0 Å². The molecule has 0 fully saturated rings. The molecule has 0 aromatic carbocycles. The van der Waals surface area contributed by atoms with Gasteiger partial charge in [-0.2, -0.15) is 0 Å². The van der Waals surface area contributed by atoms with Gasteiger partial charge in [0.15, 0.2) is 5.82 Å². The highest BCUT2D eigenvalue weighted by Gasteiger charge is 2.00. The van der Waals surface area contributed by atoms with Crippen LogP contribution in [0, 0.1) is 12.7 Å². The van der Waals surface area contributed by atoms with Gasteiger partial charge in [-0.05, 0) is 25.5 Å². The largest absolute Gasteiger partial charge is 0.313 e. The van der Waals surface area contributed by atoms with E-state index in [0.717, 1.165) is 5.56 Å². The number of pyridine rings is 1. The quantitative estimate of drug-likeness (QED) is 0.599. The lowest BCUT2D eigenvalue weighted by molar-refractivity contribution is 0.573. The molecule has 2 nitrogen and oxygen atoms in total. The Hall–Kier alpha value is -1.12. The summed E-state index contributed by atoms with van der Waals surface area (Å²) in [6.45, 7) is 4.08. The van der Waals surface area contributed by atoms with Gasteiger partial charge in [-0.25, -0.2) is 4.39 Å². The third kappa shape index (κ3) is 1.48. The molecule has 60 valence electrons. The van der Waals surface area contributed by atoms with E-state index in [9.17, 15) is 9.18 Å². The Morgan fingerprint density at radius 2 is 2.27 bits per heavy atom. The summed E-state index contributed by atoms with van der Waals surface area (Å²) in [5.41, 5.74) is 0.224. The fourth-order valence-corrected chi connectivity index (χ4v) is 0.975. The molecule has 1 rings (SSSR count). The molecule has 1 aromatic rings. The number of aryl methyl sites for hydroxylation is 2. The van der Waals surface area contributed by atoms with E-state index >= 15 is 0 Å². The van der Waals surface area contributed by atoms with Gasteiger partial charge in [-0.3, -0.25) is 4.79 Å². The summed E-state index contributed by atoms with van der Waals surface area (Å²) in [6, 6.07) is 1.24. The van der Waals surface area contributed by atoms with Gasteiger partial charge in [-0.1, -0.05) is 0 Å². The number of nitrogens with zero attached hydrogens (tertiary/aromatic N) is 1. The van der Waals surface area contributed by atoms with Gasteiger partial charge < -0.3 is 4.57 Å². The van der Waals surface area contributed by atoms with Gasteiger partial charge in [0.05, 0.1) is 0 Å². The van der Waals surface area contributed by atoms with Crippen molar-refractivity contribution >= 4 is 0 Å². The van der Waals surface area contributed by atoms with Crippen molar-refractivity contribution < 1.29 is 4.39 Å². The van der Waals surface area contributed by atoms with Crippen LogP contribution in [0.3, 0.4) is 0 Å². The number of hydrogen-bond acceptors (Lipinski definition) is 1. The van der Waals surface area contributed by atoms with Gasteiger partial charge in [0.2, 0.25) is 0 Å². The molecule has 0 aliphatic rings. The SMILES string of the molecule is CCn1cc(C)cc(F)c1=O. The third-order valence-electron chi connectivity index (χ3n) is 1.52. The van der Waals surface area contributed by atoms with Crippen LogP contribution in [0.5, 0.6) is 0 Å². The van der Waals surface area contributed by atoms with Gasteiger partial charge in [0.25, 0.3) is 5.56 Å². The zero-order valence-electron chi connectivity index (χ0n) is 6.60. The molecule has 0 spiro atoms. The number of aromatic nitrogens is 1. The highest BCUT2D eigenvalue weighted by Crippen LogP contribution is 1.96. The van der Waals surface area contributed by atoms with Crippen LogP contribution in [0.1, 0.15) is 12.5 Å². The van der Waals surface area contributed by atoms with Crippen molar-refractivity contribution in [3.63, 3.8) is 0 Å². The predicted molar refractivity (Wildman–Crippen MR) is 41.1 cm³/mol. The Labute approximate surface area is 64.3 Å². The molecule has 0 aliphatic carbocycles. The number of halogens is 1. The molecule has 11 heavy (non-hydrogen) atoms. The van der Waals surface area contributed by atoms with Crippen molar-refractivity contribution in [1.82, 2.24) is 4.57 Å². The minimum absolute atomic E-state index is 0.511. The van der Waals surface area contributed by atoms with E-state index in [1.54, 1.807) is 20.0 Å². The maximum atomic E-state index is 12.7. The second-order valence-electron chi connectivity index (χ2n) is 2.46. The fraction of sp³-hybridized carbons (Fsp3) is 0.375. The summed E-state index contributed by atoms with van der Waals surface area (Å²) < 4.78 is 14.0. The zero-order chi connectivity index (χ0) is 8.43. The van der Waals surface area contributed by atoms with Crippen LogP contribution < -0.4 is 5.56 Å². The van der Waals surface area contributed by atoms with E-state index in [4.69, 9.17) is 0 Å². The first-order valence-electron chi connectivity index (χ1n) is 3.51. The molecule has 0 saturated carbocycles. The van der Waals surface area contributed by atoms with E-state index in [2.05, 4.69) is 0 Å². The van der Waals surface area contributed by atoms with E-state index in [1.165, 1.54) is 10.6 Å². The van der Waals surface area contributed by atoms with Crippen LogP contribution >= 0.6 is 0 Å². The van der Waals surface area contributed by atoms with Crippen LogP contribution in [-0.4, -0.2) is 4.57 Å². The summed E-state index contributed by atoms with van der Waals surface area (Å²) in [4.78, 5) is 10.9. The first kappa shape index (κ1) is 7.98. The minimum Gasteiger partial charge on any atom is -0.313 e. The molecule has 0 unspecified atom stereocenters. The Kier molecular flexibility index (Phi) is 2.08. The molecule has 3 heteroatoms. The number of rotatable bonds is 1. The lowest BCUT2D eigenvalue weighted by Crippen LogP contribution is -2.21. The monoisotopic (exact) mass is 155 g/mol. The first-order chi connectivity index (χ1) is 5.15. The molecular formula is C8H10FNO. The maximum Gasteiger partial charge on any atom is 0.286 e. The van der Waals surface area contributed by atoms with Crippen molar-refractivity contribution in [2.24, 2.45) is 0 Å². The molecule has 0 atom stereocenters. The average molecular weight is 155 g/mol. The van der Waals surface area contributed by atoms with Gasteiger partial charge in [0.1, 0.15) is 0 Å². The maximum absolute atomic E-state index is 12.7. The Morgan fingerprint density at radius 3 is 2.82 bits per heavy atom. The highest BCUT2D eigenvalue weighted by molar-refractivity contribution is 5.08. The van der Waals surface area contributed by atoms with Crippen molar-refractivity contribution in [1.29, 1.82) is 0 Å². The Morgan fingerprint density at radius 1 is 1.64 bits per heavy atom. The first-order valence-corrected chi connectivity index (χ1v) is 3.51. The summed E-state index contributed by atoms with van der Waals surface area (Å²) in [5, 5.41) is 0.